The minimum absolute atomic E-state index is 0.0651. The van der Waals surface area contributed by atoms with Crippen LogP contribution < -0.4 is 10.9 Å². The highest BCUT2D eigenvalue weighted by atomic mass is 16.4. The number of aryl methyl sites for hydroxylation is 2. The zero-order valence-electron chi connectivity index (χ0n) is 16.2. The number of aliphatic hydroxyl groups is 1. The smallest absolute Gasteiger partial charge is 0.340 e. The molecule has 0 aliphatic rings. The maximum Gasteiger partial charge on any atom is 0.340 e. The number of amides is 1. The lowest BCUT2D eigenvalue weighted by molar-refractivity contribution is -0.120. The molecule has 0 saturated carbocycles. The van der Waals surface area contributed by atoms with Crippen LogP contribution in [0.4, 0.5) is 0 Å². The van der Waals surface area contributed by atoms with Gasteiger partial charge < -0.3 is 19.3 Å². The van der Waals surface area contributed by atoms with Gasteiger partial charge in [-0.15, -0.1) is 0 Å². The largest absolute Gasteiger partial charge is 0.464 e. The van der Waals surface area contributed by atoms with E-state index in [4.69, 9.17) is 8.83 Å². The third kappa shape index (κ3) is 3.67. The molecular formula is C23H21NO5. The number of benzene rings is 2. The van der Waals surface area contributed by atoms with Crippen LogP contribution in [-0.4, -0.2) is 17.6 Å². The topological polar surface area (TPSA) is 92.7 Å². The van der Waals surface area contributed by atoms with Crippen molar-refractivity contribution in [3.63, 3.8) is 0 Å². The minimum Gasteiger partial charge on any atom is -0.464 e. The lowest BCUT2D eigenvalue weighted by Crippen LogP contribution is -2.31. The van der Waals surface area contributed by atoms with Crippen LogP contribution in [-0.2, 0) is 11.2 Å². The van der Waals surface area contributed by atoms with E-state index in [0.717, 1.165) is 16.3 Å². The molecule has 2 aromatic carbocycles. The number of hydrogen-bond donors (Lipinski definition) is 2. The van der Waals surface area contributed by atoms with Gasteiger partial charge >= 0.3 is 5.63 Å². The summed E-state index contributed by atoms with van der Waals surface area (Å²) in [5, 5.41) is 14.6. The van der Waals surface area contributed by atoms with Gasteiger partial charge in [0.2, 0.25) is 5.91 Å². The molecule has 0 fully saturated rings. The van der Waals surface area contributed by atoms with Crippen molar-refractivity contribution in [2.45, 2.75) is 26.4 Å². The zero-order chi connectivity index (χ0) is 20.5. The minimum atomic E-state index is -0.813. The molecule has 1 amide bonds. The van der Waals surface area contributed by atoms with E-state index in [1.165, 1.54) is 0 Å². The molecular weight excluding hydrogens is 370 g/mol. The fourth-order valence-corrected chi connectivity index (χ4v) is 3.47. The lowest BCUT2D eigenvalue weighted by atomic mass is 10.0. The van der Waals surface area contributed by atoms with Crippen molar-refractivity contribution in [2.24, 2.45) is 0 Å². The van der Waals surface area contributed by atoms with Gasteiger partial charge in [-0.1, -0.05) is 30.3 Å². The molecule has 0 aliphatic heterocycles. The van der Waals surface area contributed by atoms with Gasteiger partial charge in [0.05, 0.1) is 24.4 Å². The summed E-state index contributed by atoms with van der Waals surface area (Å²) in [5.74, 6) is -0.352. The molecule has 4 aromatic rings. The SMILES string of the molecule is Cc1coc2cc3oc(=O)c(CC(=O)NC[C@H](O)c4ccccc4)c(C)c3cc12. The van der Waals surface area contributed by atoms with Gasteiger partial charge in [0.15, 0.2) is 0 Å². The van der Waals surface area contributed by atoms with Crippen LogP contribution in [0, 0.1) is 13.8 Å². The van der Waals surface area contributed by atoms with Gasteiger partial charge in [-0.3, -0.25) is 4.79 Å². The van der Waals surface area contributed by atoms with Gasteiger partial charge in [0.25, 0.3) is 0 Å². The molecule has 0 unspecified atom stereocenters. The van der Waals surface area contributed by atoms with Crippen molar-refractivity contribution in [1.82, 2.24) is 5.32 Å². The molecule has 2 N–H and O–H groups in total. The fraction of sp³-hybridized carbons (Fsp3) is 0.217. The molecule has 0 saturated heterocycles. The molecule has 0 bridgehead atoms. The Kier molecular flexibility index (Phi) is 4.94. The number of carbonyl (C=O) groups excluding carboxylic acids is 1. The van der Waals surface area contributed by atoms with Crippen molar-refractivity contribution >= 4 is 27.8 Å². The summed E-state index contributed by atoms with van der Waals surface area (Å²) in [6.45, 7) is 3.82. The summed E-state index contributed by atoms with van der Waals surface area (Å²) < 4.78 is 10.9. The quantitative estimate of drug-likeness (QED) is 0.508. The summed E-state index contributed by atoms with van der Waals surface area (Å²) >= 11 is 0. The Morgan fingerprint density at radius 2 is 1.86 bits per heavy atom. The van der Waals surface area contributed by atoms with E-state index < -0.39 is 11.7 Å². The van der Waals surface area contributed by atoms with Crippen molar-refractivity contribution < 1.29 is 18.7 Å². The average molecular weight is 391 g/mol. The molecule has 0 radical (unpaired) electrons. The summed E-state index contributed by atoms with van der Waals surface area (Å²) in [5.41, 5.74) is 3.25. The van der Waals surface area contributed by atoms with Crippen molar-refractivity contribution in [3.8, 4) is 0 Å². The third-order valence-electron chi connectivity index (χ3n) is 5.19. The first-order valence-corrected chi connectivity index (χ1v) is 9.38. The van der Waals surface area contributed by atoms with Crippen LogP contribution in [0.25, 0.3) is 21.9 Å². The highest BCUT2D eigenvalue weighted by Gasteiger charge is 2.17. The zero-order valence-corrected chi connectivity index (χ0v) is 16.2. The Bertz CT molecular complexity index is 1250. The fourth-order valence-electron chi connectivity index (χ4n) is 3.47. The average Bonchev–Trinajstić information content (AvgIpc) is 3.08. The first kappa shape index (κ1) is 19.0. The van der Waals surface area contributed by atoms with E-state index in [1.807, 2.05) is 38.1 Å². The molecule has 0 aliphatic carbocycles. The predicted octanol–water partition coefficient (Wildman–Crippen LogP) is 3.55. The van der Waals surface area contributed by atoms with Gasteiger partial charge in [0.1, 0.15) is 11.2 Å². The molecule has 4 rings (SSSR count). The summed E-state index contributed by atoms with van der Waals surface area (Å²) in [6, 6.07) is 12.7. The van der Waals surface area contributed by atoms with Crippen LogP contribution in [0.2, 0.25) is 0 Å². The number of carbonyl (C=O) groups is 1. The van der Waals surface area contributed by atoms with E-state index in [0.29, 0.717) is 27.9 Å². The van der Waals surface area contributed by atoms with Crippen LogP contribution in [0.1, 0.15) is 28.4 Å². The molecule has 6 heteroatoms. The van der Waals surface area contributed by atoms with E-state index >= 15 is 0 Å². The standard InChI is InChI=1S/C23H21NO5/c1-13-12-28-20-10-21-17(8-16(13)20)14(2)18(23(27)29-21)9-22(26)24-11-19(25)15-6-4-3-5-7-15/h3-8,10,12,19,25H,9,11H2,1-2H3,(H,24,26)/t19-/m0/s1. The first-order valence-electron chi connectivity index (χ1n) is 9.38. The second kappa shape index (κ2) is 7.56. The second-order valence-corrected chi connectivity index (χ2v) is 7.16. The van der Waals surface area contributed by atoms with E-state index in [-0.39, 0.29) is 18.9 Å². The maximum atomic E-state index is 12.5. The molecule has 6 nitrogen and oxygen atoms in total. The highest BCUT2D eigenvalue weighted by molar-refractivity contribution is 5.96. The number of nitrogens with one attached hydrogen (secondary N) is 1. The lowest BCUT2D eigenvalue weighted by Gasteiger charge is -2.13. The molecule has 2 heterocycles. The highest BCUT2D eigenvalue weighted by Crippen LogP contribution is 2.28. The summed E-state index contributed by atoms with van der Waals surface area (Å²) in [6.07, 6.45) is 0.726. The number of rotatable bonds is 5. The molecule has 29 heavy (non-hydrogen) atoms. The van der Waals surface area contributed by atoms with Gasteiger partial charge in [-0.25, -0.2) is 4.79 Å². The van der Waals surface area contributed by atoms with E-state index in [9.17, 15) is 14.7 Å². The van der Waals surface area contributed by atoms with Gasteiger partial charge in [-0.2, -0.15) is 0 Å². The van der Waals surface area contributed by atoms with Crippen LogP contribution in [0.15, 0.2) is 62.4 Å². The Hall–Kier alpha value is -3.38. The van der Waals surface area contributed by atoms with Gasteiger partial charge in [-0.05, 0) is 36.6 Å². The predicted molar refractivity (Wildman–Crippen MR) is 110 cm³/mol. The van der Waals surface area contributed by atoms with Crippen molar-refractivity contribution in [3.05, 3.63) is 81.4 Å². The Morgan fingerprint density at radius 3 is 2.62 bits per heavy atom. The summed E-state index contributed by atoms with van der Waals surface area (Å²) in [7, 11) is 0. The van der Waals surface area contributed by atoms with Crippen LogP contribution in [0.3, 0.4) is 0 Å². The molecule has 2 aromatic heterocycles. The Balaban J connectivity index is 1.57. The molecule has 0 spiro atoms. The van der Waals surface area contributed by atoms with E-state index in [2.05, 4.69) is 5.32 Å². The maximum absolute atomic E-state index is 12.5. The molecule has 1 atom stereocenters. The normalized spacial score (nSPS) is 12.4. The number of aliphatic hydroxyl groups excluding tert-OH is 1. The first-order chi connectivity index (χ1) is 13.9. The number of hydrogen-bond acceptors (Lipinski definition) is 5. The Morgan fingerprint density at radius 1 is 1.10 bits per heavy atom. The number of fused-ring (bicyclic) bond motifs is 2. The van der Waals surface area contributed by atoms with Gasteiger partial charge in [0, 0.05) is 23.4 Å². The molecule has 148 valence electrons. The Labute approximate surface area is 166 Å². The van der Waals surface area contributed by atoms with Crippen LogP contribution in [0.5, 0.6) is 0 Å². The van der Waals surface area contributed by atoms with Crippen molar-refractivity contribution in [1.29, 1.82) is 0 Å². The summed E-state index contributed by atoms with van der Waals surface area (Å²) in [4.78, 5) is 24.9. The monoisotopic (exact) mass is 391 g/mol. The second-order valence-electron chi connectivity index (χ2n) is 7.16. The number of furan rings is 1. The van der Waals surface area contributed by atoms with Crippen LogP contribution >= 0.6 is 0 Å². The van der Waals surface area contributed by atoms with E-state index in [1.54, 1.807) is 24.5 Å². The van der Waals surface area contributed by atoms with Crippen molar-refractivity contribution in [2.75, 3.05) is 6.54 Å². The third-order valence-corrected chi connectivity index (χ3v) is 5.19.